The van der Waals surface area contributed by atoms with Crippen LogP contribution in [0.4, 0.5) is 15.8 Å². The number of hydrogen-bond acceptors (Lipinski definition) is 5. The molecule has 3 aromatic rings. The highest BCUT2D eigenvalue weighted by Gasteiger charge is 2.30. The van der Waals surface area contributed by atoms with Crippen molar-refractivity contribution in [3.63, 3.8) is 0 Å². The number of piperidine rings is 1. The summed E-state index contributed by atoms with van der Waals surface area (Å²) in [6.07, 6.45) is 5.06. The Balaban J connectivity index is 1.65. The lowest BCUT2D eigenvalue weighted by Crippen LogP contribution is -2.43. The van der Waals surface area contributed by atoms with Crippen molar-refractivity contribution in [2.75, 3.05) is 31.1 Å². The molecule has 9 heteroatoms. The van der Waals surface area contributed by atoms with E-state index in [4.69, 9.17) is 5.73 Å². The van der Waals surface area contributed by atoms with E-state index in [0.717, 1.165) is 31.8 Å². The van der Waals surface area contributed by atoms with Crippen LogP contribution in [0.3, 0.4) is 0 Å². The van der Waals surface area contributed by atoms with E-state index < -0.39 is 11.7 Å². The Labute approximate surface area is 210 Å². The van der Waals surface area contributed by atoms with E-state index in [1.54, 1.807) is 29.3 Å². The van der Waals surface area contributed by atoms with Gasteiger partial charge in [0.2, 0.25) is 0 Å². The van der Waals surface area contributed by atoms with Crippen LogP contribution < -0.4 is 10.6 Å². The number of nitrogens with one attached hydrogen (secondary N) is 1. The quantitative estimate of drug-likeness (QED) is 0.472. The summed E-state index contributed by atoms with van der Waals surface area (Å²) in [5.74, 6) is -0.331. The minimum absolute atomic E-state index is 0.0481. The number of likely N-dealkylation sites (tertiary alicyclic amines) is 1. The van der Waals surface area contributed by atoms with E-state index in [9.17, 15) is 9.59 Å². The van der Waals surface area contributed by atoms with E-state index in [-0.39, 0.29) is 23.2 Å². The zero-order valence-electron chi connectivity index (χ0n) is 20.8. The number of aromatic nitrogens is 2. The van der Waals surface area contributed by atoms with Gasteiger partial charge in [-0.15, -0.1) is 0 Å². The number of rotatable bonds is 9. The van der Waals surface area contributed by atoms with Gasteiger partial charge in [-0.25, -0.2) is 9.37 Å². The largest absolute Gasteiger partial charge is 0.366 e. The Hall–Kier alpha value is -3.72. The topological polar surface area (TPSA) is 98.6 Å². The van der Waals surface area contributed by atoms with Crippen LogP contribution in [0.25, 0.3) is 0 Å². The molecule has 2 amide bonds. The minimum atomic E-state index is -0.682. The van der Waals surface area contributed by atoms with Crippen LogP contribution in [-0.4, -0.2) is 63.8 Å². The molecular formula is C27H33FN6O2. The van der Waals surface area contributed by atoms with Gasteiger partial charge in [0.25, 0.3) is 11.8 Å². The summed E-state index contributed by atoms with van der Waals surface area (Å²) in [5.41, 5.74) is 7.25. The zero-order chi connectivity index (χ0) is 25.7. The molecule has 1 fully saturated rings. The Kier molecular flexibility index (Phi) is 8.00. The molecule has 3 N–H and O–H groups in total. The second-order valence-electron chi connectivity index (χ2n) is 8.94. The number of hydrogen-bond donors (Lipinski definition) is 2. The summed E-state index contributed by atoms with van der Waals surface area (Å²) < 4.78 is 15.3. The SMILES string of the molecule is CCN(CC)C(=O)c1ccc(N(c2c(F)cccc2C(N)=O)C2CCN(Cc3ncc[nH]3)CC2)cc1. The van der Waals surface area contributed by atoms with Crippen molar-refractivity contribution in [2.24, 2.45) is 5.73 Å². The average molecular weight is 493 g/mol. The number of imidazole rings is 1. The molecule has 0 spiro atoms. The average Bonchev–Trinajstić information content (AvgIpc) is 3.40. The molecule has 190 valence electrons. The minimum Gasteiger partial charge on any atom is -0.366 e. The van der Waals surface area contributed by atoms with Gasteiger partial charge < -0.3 is 20.5 Å². The highest BCUT2D eigenvalue weighted by Crippen LogP contribution is 2.36. The van der Waals surface area contributed by atoms with Crippen LogP contribution in [0.2, 0.25) is 0 Å². The van der Waals surface area contributed by atoms with Gasteiger partial charge in [-0.1, -0.05) is 6.07 Å². The van der Waals surface area contributed by atoms with Crippen LogP contribution >= 0.6 is 0 Å². The normalized spacial score (nSPS) is 14.5. The number of carbonyl (C=O) groups excluding carboxylic acids is 2. The van der Waals surface area contributed by atoms with Crippen molar-refractivity contribution < 1.29 is 14.0 Å². The first-order chi connectivity index (χ1) is 17.4. The molecule has 8 nitrogen and oxygen atoms in total. The predicted octanol–water partition coefficient (Wildman–Crippen LogP) is 3.93. The number of amides is 2. The number of nitrogens with two attached hydrogens (primary N) is 1. The third-order valence-electron chi connectivity index (χ3n) is 6.79. The van der Waals surface area contributed by atoms with Crippen molar-refractivity contribution >= 4 is 23.2 Å². The van der Waals surface area contributed by atoms with Gasteiger partial charge in [-0.05, 0) is 63.1 Å². The van der Waals surface area contributed by atoms with Gasteiger partial charge in [0, 0.05) is 55.9 Å². The van der Waals surface area contributed by atoms with Gasteiger partial charge in [-0.3, -0.25) is 14.5 Å². The molecule has 2 aromatic carbocycles. The molecule has 0 radical (unpaired) electrons. The summed E-state index contributed by atoms with van der Waals surface area (Å²) >= 11 is 0. The number of carbonyl (C=O) groups is 2. The van der Waals surface area contributed by atoms with Crippen LogP contribution in [0.15, 0.2) is 54.9 Å². The Morgan fingerprint density at radius 3 is 2.39 bits per heavy atom. The molecule has 0 atom stereocenters. The van der Waals surface area contributed by atoms with E-state index in [2.05, 4.69) is 14.9 Å². The van der Waals surface area contributed by atoms with Crippen LogP contribution in [-0.2, 0) is 6.54 Å². The Morgan fingerprint density at radius 1 is 1.11 bits per heavy atom. The molecule has 1 aliphatic rings. The van der Waals surface area contributed by atoms with Crippen molar-refractivity contribution in [3.05, 3.63) is 77.6 Å². The number of benzene rings is 2. The first kappa shape index (κ1) is 25.4. The first-order valence-corrected chi connectivity index (χ1v) is 12.4. The number of anilines is 2. The molecule has 0 bridgehead atoms. The molecule has 36 heavy (non-hydrogen) atoms. The third kappa shape index (κ3) is 5.41. The lowest BCUT2D eigenvalue weighted by atomic mass is 9.99. The van der Waals surface area contributed by atoms with Gasteiger partial charge in [0.15, 0.2) is 0 Å². The highest BCUT2D eigenvalue weighted by molar-refractivity contribution is 6.00. The lowest BCUT2D eigenvalue weighted by molar-refractivity contribution is 0.0772. The maximum Gasteiger partial charge on any atom is 0.253 e. The Morgan fingerprint density at radius 2 is 1.81 bits per heavy atom. The van der Waals surface area contributed by atoms with Crippen molar-refractivity contribution in [1.29, 1.82) is 0 Å². The van der Waals surface area contributed by atoms with Crippen LogP contribution in [0.1, 0.15) is 53.2 Å². The van der Waals surface area contributed by atoms with Gasteiger partial charge >= 0.3 is 0 Å². The number of nitrogens with zero attached hydrogens (tertiary/aromatic N) is 4. The number of halogens is 1. The van der Waals surface area contributed by atoms with Crippen LogP contribution in [0.5, 0.6) is 0 Å². The summed E-state index contributed by atoms with van der Waals surface area (Å²) in [5, 5.41) is 0. The highest BCUT2D eigenvalue weighted by atomic mass is 19.1. The Bertz CT molecular complexity index is 1170. The number of H-pyrrole nitrogens is 1. The first-order valence-electron chi connectivity index (χ1n) is 12.4. The molecule has 4 rings (SSSR count). The lowest BCUT2D eigenvalue weighted by Gasteiger charge is -2.40. The molecule has 1 saturated heterocycles. The van der Waals surface area contributed by atoms with Crippen LogP contribution in [0, 0.1) is 5.82 Å². The molecule has 2 heterocycles. The second kappa shape index (κ2) is 11.3. The monoisotopic (exact) mass is 492 g/mol. The van der Waals surface area contributed by atoms with Gasteiger partial charge in [0.05, 0.1) is 17.8 Å². The summed E-state index contributed by atoms with van der Waals surface area (Å²) in [7, 11) is 0. The third-order valence-corrected chi connectivity index (χ3v) is 6.79. The summed E-state index contributed by atoms with van der Waals surface area (Å²) in [6.45, 7) is 7.43. The molecule has 0 aliphatic carbocycles. The number of aromatic amines is 1. The van der Waals surface area contributed by atoms with E-state index >= 15 is 4.39 Å². The fourth-order valence-corrected chi connectivity index (χ4v) is 4.87. The fraction of sp³-hybridized carbons (Fsp3) is 0.370. The maximum absolute atomic E-state index is 15.3. The smallest absolute Gasteiger partial charge is 0.253 e. The molecule has 0 unspecified atom stereocenters. The molecule has 1 aromatic heterocycles. The van der Waals surface area contributed by atoms with Crippen molar-refractivity contribution in [2.45, 2.75) is 39.3 Å². The van der Waals surface area contributed by atoms with Gasteiger partial charge in [-0.2, -0.15) is 0 Å². The molecular weight excluding hydrogens is 459 g/mol. The second-order valence-corrected chi connectivity index (χ2v) is 8.94. The predicted molar refractivity (Wildman–Crippen MR) is 138 cm³/mol. The summed E-state index contributed by atoms with van der Waals surface area (Å²) in [4.78, 5) is 38.4. The fourth-order valence-electron chi connectivity index (χ4n) is 4.87. The van der Waals surface area contributed by atoms with E-state index in [0.29, 0.717) is 30.9 Å². The number of primary amides is 1. The number of para-hydroxylation sites is 1. The zero-order valence-corrected chi connectivity index (χ0v) is 20.8. The van der Waals surface area contributed by atoms with E-state index in [1.165, 1.54) is 12.1 Å². The molecule has 0 saturated carbocycles. The standard InChI is InChI=1S/C27H33FN6O2/c1-3-33(4-2)27(36)19-8-10-20(11-9-19)34(25-22(26(29)35)6-5-7-23(25)28)21-12-16-32(17-13-21)18-24-30-14-15-31-24/h5-11,14-15,21H,3-4,12-13,16-18H2,1-2H3,(H2,29,35)(H,30,31). The maximum atomic E-state index is 15.3. The molecule has 1 aliphatic heterocycles. The van der Waals surface area contributed by atoms with Crippen molar-refractivity contribution in [3.8, 4) is 0 Å². The van der Waals surface area contributed by atoms with E-state index in [1.807, 2.05) is 37.1 Å². The van der Waals surface area contributed by atoms with Crippen molar-refractivity contribution in [1.82, 2.24) is 19.8 Å². The summed E-state index contributed by atoms with van der Waals surface area (Å²) in [6, 6.07) is 11.5. The van der Waals surface area contributed by atoms with Gasteiger partial charge in [0.1, 0.15) is 11.6 Å².